The Kier molecular flexibility index (Phi) is 5.21. The van der Waals surface area contributed by atoms with Crippen molar-refractivity contribution in [3.8, 4) is 5.75 Å². The summed E-state index contributed by atoms with van der Waals surface area (Å²) in [4.78, 5) is 16.5. The second-order valence-corrected chi connectivity index (χ2v) is 5.95. The number of amides is 1. The molecule has 0 aliphatic heterocycles. The average molecular weight is 378 g/mol. The van der Waals surface area contributed by atoms with E-state index >= 15 is 0 Å². The van der Waals surface area contributed by atoms with Crippen LogP contribution in [0.15, 0.2) is 47.1 Å². The highest BCUT2D eigenvalue weighted by Crippen LogP contribution is 2.24. The van der Waals surface area contributed by atoms with Gasteiger partial charge in [-0.2, -0.15) is 0 Å². The molecule has 0 aliphatic carbocycles. The summed E-state index contributed by atoms with van der Waals surface area (Å²) in [6, 6.07) is 10.7. The van der Waals surface area contributed by atoms with Crippen LogP contribution in [0.2, 0.25) is 10.0 Å². The first kappa shape index (κ1) is 17.3. The number of benzene rings is 1. The number of nitrogens with one attached hydrogen (secondary N) is 1. The van der Waals surface area contributed by atoms with Gasteiger partial charge in [-0.05, 0) is 25.1 Å². The zero-order valence-corrected chi connectivity index (χ0v) is 14.6. The number of anilines is 1. The van der Waals surface area contributed by atoms with Gasteiger partial charge in [0.2, 0.25) is 0 Å². The van der Waals surface area contributed by atoms with Crippen LogP contribution >= 0.6 is 23.2 Å². The highest BCUT2D eigenvalue weighted by Gasteiger charge is 2.21. The third-order valence-corrected chi connectivity index (χ3v) is 3.86. The molecule has 1 N–H and O–H groups in total. The van der Waals surface area contributed by atoms with Crippen molar-refractivity contribution in [2.24, 2.45) is 0 Å². The molecule has 0 aliphatic rings. The summed E-state index contributed by atoms with van der Waals surface area (Å²) < 4.78 is 10.8. The zero-order valence-electron chi connectivity index (χ0n) is 13.1. The second kappa shape index (κ2) is 7.55. The Labute approximate surface area is 153 Å². The normalized spacial score (nSPS) is 10.5. The molecule has 25 heavy (non-hydrogen) atoms. The second-order valence-electron chi connectivity index (χ2n) is 5.11. The lowest BCUT2D eigenvalue weighted by molar-refractivity contribution is 0.101. The predicted molar refractivity (Wildman–Crippen MR) is 94.2 cm³/mol. The number of hydrogen-bond acceptors (Lipinski definition) is 5. The van der Waals surface area contributed by atoms with Crippen molar-refractivity contribution in [1.29, 1.82) is 0 Å². The first-order valence-electron chi connectivity index (χ1n) is 7.30. The predicted octanol–water partition coefficient (Wildman–Crippen LogP) is 4.52. The molecule has 2 aromatic heterocycles. The van der Waals surface area contributed by atoms with E-state index in [1.807, 2.05) is 30.3 Å². The molecule has 0 bridgehead atoms. The van der Waals surface area contributed by atoms with Crippen LogP contribution in [0.4, 0.5) is 5.82 Å². The van der Waals surface area contributed by atoms with E-state index in [-0.39, 0.29) is 23.1 Å². The standard InChI is InChI=1S/C17H13Cl2N3O3/c1-10-13(9-24-12-5-3-2-4-6-12)15(22-25-10)17(23)21-16-14(19)7-11(18)8-20-16/h2-8H,9H2,1H3,(H,20,21,23). The number of pyridine rings is 1. The summed E-state index contributed by atoms with van der Waals surface area (Å²) in [6.07, 6.45) is 1.39. The van der Waals surface area contributed by atoms with Crippen molar-refractivity contribution < 1.29 is 14.1 Å². The largest absolute Gasteiger partial charge is 0.489 e. The van der Waals surface area contributed by atoms with Crippen LogP contribution < -0.4 is 10.1 Å². The molecule has 0 unspecified atom stereocenters. The monoisotopic (exact) mass is 377 g/mol. The van der Waals surface area contributed by atoms with Gasteiger partial charge in [0.05, 0.1) is 15.6 Å². The van der Waals surface area contributed by atoms with Crippen LogP contribution in [0.25, 0.3) is 0 Å². The van der Waals surface area contributed by atoms with Crippen molar-refractivity contribution in [1.82, 2.24) is 10.1 Å². The van der Waals surface area contributed by atoms with Crippen molar-refractivity contribution in [3.05, 3.63) is 69.7 Å². The van der Waals surface area contributed by atoms with Crippen LogP contribution in [0.3, 0.4) is 0 Å². The Morgan fingerprint density at radius 1 is 1.28 bits per heavy atom. The molecule has 1 amide bonds. The molecule has 6 nitrogen and oxygen atoms in total. The Bertz CT molecular complexity index is 897. The van der Waals surface area contributed by atoms with Gasteiger partial charge in [0.25, 0.3) is 5.91 Å². The van der Waals surface area contributed by atoms with Gasteiger partial charge in [-0.3, -0.25) is 4.79 Å². The number of carbonyl (C=O) groups is 1. The number of rotatable bonds is 5. The highest BCUT2D eigenvalue weighted by atomic mass is 35.5. The zero-order chi connectivity index (χ0) is 17.8. The quantitative estimate of drug-likeness (QED) is 0.707. The molecule has 0 spiro atoms. The van der Waals surface area contributed by atoms with Crippen LogP contribution in [-0.4, -0.2) is 16.0 Å². The highest BCUT2D eigenvalue weighted by molar-refractivity contribution is 6.36. The lowest BCUT2D eigenvalue weighted by Crippen LogP contribution is -2.16. The fourth-order valence-electron chi connectivity index (χ4n) is 2.09. The van der Waals surface area contributed by atoms with Crippen LogP contribution in [-0.2, 0) is 6.61 Å². The average Bonchev–Trinajstić information content (AvgIpc) is 2.97. The Morgan fingerprint density at radius 3 is 2.76 bits per heavy atom. The summed E-state index contributed by atoms with van der Waals surface area (Å²) in [7, 11) is 0. The molecule has 0 saturated heterocycles. The molecule has 0 fully saturated rings. The molecule has 0 radical (unpaired) electrons. The fourth-order valence-corrected chi connectivity index (χ4v) is 2.51. The topological polar surface area (TPSA) is 77.3 Å². The van der Waals surface area contributed by atoms with E-state index in [9.17, 15) is 4.79 Å². The maximum Gasteiger partial charge on any atom is 0.279 e. The van der Waals surface area contributed by atoms with Crippen LogP contribution in [0, 0.1) is 6.92 Å². The van der Waals surface area contributed by atoms with E-state index in [4.69, 9.17) is 32.5 Å². The molecule has 0 atom stereocenters. The maximum atomic E-state index is 12.5. The molecular formula is C17H13Cl2N3O3. The van der Waals surface area contributed by atoms with E-state index in [0.717, 1.165) is 0 Å². The van der Waals surface area contributed by atoms with E-state index in [0.29, 0.717) is 22.1 Å². The van der Waals surface area contributed by atoms with Crippen LogP contribution in [0.5, 0.6) is 5.75 Å². The van der Waals surface area contributed by atoms with E-state index in [1.165, 1.54) is 12.3 Å². The lowest BCUT2D eigenvalue weighted by atomic mass is 10.2. The summed E-state index contributed by atoms with van der Waals surface area (Å²) in [5.74, 6) is 0.861. The molecular weight excluding hydrogens is 365 g/mol. The third kappa shape index (κ3) is 4.10. The van der Waals surface area contributed by atoms with Gasteiger partial charge in [-0.25, -0.2) is 4.98 Å². The van der Waals surface area contributed by atoms with Crippen molar-refractivity contribution >= 4 is 34.9 Å². The number of halogens is 2. The van der Waals surface area contributed by atoms with Gasteiger partial charge < -0.3 is 14.6 Å². The Morgan fingerprint density at radius 2 is 2.04 bits per heavy atom. The maximum absolute atomic E-state index is 12.5. The first-order chi connectivity index (χ1) is 12.0. The minimum Gasteiger partial charge on any atom is -0.489 e. The Hall–Kier alpha value is -2.57. The van der Waals surface area contributed by atoms with Gasteiger partial charge in [0.15, 0.2) is 11.5 Å². The smallest absolute Gasteiger partial charge is 0.279 e. The minimum absolute atomic E-state index is 0.112. The summed E-state index contributed by atoms with van der Waals surface area (Å²) in [5.41, 5.74) is 0.660. The molecule has 128 valence electrons. The number of para-hydroxylation sites is 1. The number of ether oxygens (including phenoxy) is 1. The van der Waals surface area contributed by atoms with Crippen molar-refractivity contribution in [2.75, 3.05) is 5.32 Å². The summed E-state index contributed by atoms with van der Waals surface area (Å²) >= 11 is 11.8. The molecule has 0 saturated carbocycles. The molecule has 3 aromatic rings. The fraction of sp³-hybridized carbons (Fsp3) is 0.118. The summed E-state index contributed by atoms with van der Waals surface area (Å²) in [5, 5.41) is 6.99. The van der Waals surface area contributed by atoms with Gasteiger partial charge in [0, 0.05) is 6.20 Å². The van der Waals surface area contributed by atoms with Gasteiger partial charge in [-0.15, -0.1) is 0 Å². The minimum atomic E-state index is -0.500. The first-order valence-corrected chi connectivity index (χ1v) is 8.05. The molecule has 2 heterocycles. The SMILES string of the molecule is Cc1onc(C(=O)Nc2ncc(Cl)cc2Cl)c1COc1ccccc1. The number of nitrogens with zero attached hydrogens (tertiary/aromatic N) is 2. The number of aryl methyl sites for hydroxylation is 1. The van der Waals surface area contributed by atoms with Crippen molar-refractivity contribution in [3.63, 3.8) is 0 Å². The third-order valence-electron chi connectivity index (χ3n) is 3.37. The number of aromatic nitrogens is 2. The van der Waals surface area contributed by atoms with E-state index in [1.54, 1.807) is 6.92 Å². The van der Waals surface area contributed by atoms with E-state index in [2.05, 4.69) is 15.5 Å². The number of hydrogen-bond donors (Lipinski definition) is 1. The Balaban J connectivity index is 1.77. The van der Waals surface area contributed by atoms with Gasteiger partial charge >= 0.3 is 0 Å². The van der Waals surface area contributed by atoms with Gasteiger partial charge in [-0.1, -0.05) is 46.6 Å². The lowest BCUT2D eigenvalue weighted by Gasteiger charge is -2.08. The van der Waals surface area contributed by atoms with Crippen molar-refractivity contribution in [2.45, 2.75) is 13.5 Å². The van der Waals surface area contributed by atoms with Crippen LogP contribution in [0.1, 0.15) is 21.8 Å². The molecule has 8 heteroatoms. The van der Waals surface area contributed by atoms with E-state index < -0.39 is 5.91 Å². The number of carbonyl (C=O) groups excluding carboxylic acids is 1. The molecule has 1 aromatic carbocycles. The molecule has 3 rings (SSSR count). The van der Waals surface area contributed by atoms with Gasteiger partial charge in [0.1, 0.15) is 18.1 Å². The summed E-state index contributed by atoms with van der Waals surface area (Å²) in [6.45, 7) is 1.85.